The van der Waals surface area contributed by atoms with E-state index in [1.54, 1.807) is 6.20 Å². The van der Waals surface area contributed by atoms with Crippen LogP contribution in [0.15, 0.2) is 22.9 Å². The van der Waals surface area contributed by atoms with Gasteiger partial charge in [0.05, 0.1) is 0 Å². The number of halogens is 1. The number of aromatic nitrogens is 1. The molecule has 0 radical (unpaired) electrons. The smallest absolute Gasteiger partial charge is 0.220 e. The van der Waals surface area contributed by atoms with Gasteiger partial charge in [0.25, 0.3) is 0 Å². The number of hydrogen-bond acceptors (Lipinski definition) is 2. The van der Waals surface area contributed by atoms with Crippen molar-refractivity contribution in [3.05, 3.63) is 28.5 Å². The molecule has 4 heteroatoms. The molecular weight excluding hydrogens is 256 g/mol. The number of amides is 1. The van der Waals surface area contributed by atoms with Crippen LogP contribution in [0.3, 0.4) is 0 Å². The Morgan fingerprint density at radius 3 is 3.00 bits per heavy atom. The first-order chi connectivity index (χ1) is 7.07. The molecular formula is C11H13BrN2O. The van der Waals surface area contributed by atoms with Gasteiger partial charge in [-0.25, -0.2) is 0 Å². The van der Waals surface area contributed by atoms with E-state index in [1.807, 2.05) is 12.3 Å². The number of pyridine rings is 1. The quantitative estimate of drug-likeness (QED) is 0.892. The Hall–Kier alpha value is -0.900. The van der Waals surface area contributed by atoms with Gasteiger partial charge in [0.2, 0.25) is 5.91 Å². The molecule has 3 nitrogen and oxygen atoms in total. The van der Waals surface area contributed by atoms with Crippen molar-refractivity contribution in [2.24, 2.45) is 0 Å². The van der Waals surface area contributed by atoms with Crippen molar-refractivity contribution in [1.29, 1.82) is 0 Å². The summed E-state index contributed by atoms with van der Waals surface area (Å²) in [6, 6.07) is 2.04. The molecule has 15 heavy (non-hydrogen) atoms. The minimum absolute atomic E-state index is 0.0977. The highest BCUT2D eigenvalue weighted by Crippen LogP contribution is 2.24. The molecule has 0 spiro atoms. The maximum atomic E-state index is 11.2. The molecule has 80 valence electrons. The summed E-state index contributed by atoms with van der Waals surface area (Å²) in [6.07, 6.45) is 5.99. The van der Waals surface area contributed by atoms with Crippen molar-refractivity contribution in [2.75, 3.05) is 0 Å². The molecule has 0 aromatic carbocycles. The van der Waals surface area contributed by atoms with Gasteiger partial charge in [0.1, 0.15) is 0 Å². The standard InChI is InChI=1S/C11H13BrN2O/c1-11(3-2-10(15)14-11)5-8-4-9(12)7-13-6-8/h4,6-7H,2-3,5H2,1H3,(H,14,15). The summed E-state index contributed by atoms with van der Waals surface area (Å²) in [5.41, 5.74) is 1.05. The van der Waals surface area contributed by atoms with E-state index >= 15 is 0 Å². The van der Waals surface area contributed by atoms with Crippen molar-refractivity contribution in [2.45, 2.75) is 31.7 Å². The van der Waals surface area contributed by atoms with E-state index in [0.29, 0.717) is 6.42 Å². The monoisotopic (exact) mass is 268 g/mol. The van der Waals surface area contributed by atoms with E-state index in [1.165, 1.54) is 0 Å². The molecule has 1 atom stereocenters. The number of nitrogens with one attached hydrogen (secondary N) is 1. The molecule has 1 unspecified atom stereocenters. The zero-order valence-electron chi connectivity index (χ0n) is 8.59. The first-order valence-electron chi connectivity index (χ1n) is 4.98. The summed E-state index contributed by atoms with van der Waals surface area (Å²) in [7, 11) is 0. The van der Waals surface area contributed by atoms with Crippen LogP contribution < -0.4 is 5.32 Å². The highest BCUT2D eigenvalue weighted by atomic mass is 79.9. The number of carbonyl (C=O) groups excluding carboxylic acids is 1. The van der Waals surface area contributed by atoms with Crippen molar-refractivity contribution < 1.29 is 4.79 Å². The van der Waals surface area contributed by atoms with Gasteiger partial charge in [-0.3, -0.25) is 9.78 Å². The molecule has 0 saturated carbocycles. The number of nitrogens with zero attached hydrogens (tertiary/aromatic N) is 1. The van der Waals surface area contributed by atoms with Crippen LogP contribution in [-0.2, 0) is 11.2 Å². The second-order valence-corrected chi connectivity index (χ2v) is 5.21. The predicted octanol–water partition coefficient (Wildman–Crippen LogP) is 2.06. The molecule has 1 amide bonds. The summed E-state index contributed by atoms with van der Waals surface area (Å²) in [5.74, 6) is 0.153. The zero-order valence-corrected chi connectivity index (χ0v) is 10.2. The van der Waals surface area contributed by atoms with Crippen molar-refractivity contribution in [1.82, 2.24) is 10.3 Å². The van der Waals surface area contributed by atoms with Gasteiger partial charge in [-0.2, -0.15) is 0 Å². The van der Waals surface area contributed by atoms with Crippen LogP contribution in [0.5, 0.6) is 0 Å². The fraction of sp³-hybridized carbons (Fsp3) is 0.455. The van der Waals surface area contributed by atoms with Crippen LogP contribution in [0.4, 0.5) is 0 Å². The second-order valence-electron chi connectivity index (χ2n) is 4.30. The summed E-state index contributed by atoms with van der Waals surface area (Å²) < 4.78 is 0.980. The molecule has 1 aliphatic rings. The molecule has 2 rings (SSSR count). The van der Waals surface area contributed by atoms with Gasteiger partial charge < -0.3 is 5.32 Å². The molecule has 2 heterocycles. The Morgan fingerprint density at radius 2 is 2.40 bits per heavy atom. The highest BCUT2D eigenvalue weighted by Gasteiger charge is 2.32. The first kappa shape index (κ1) is 10.6. The van der Waals surface area contributed by atoms with Crippen LogP contribution >= 0.6 is 15.9 Å². The summed E-state index contributed by atoms with van der Waals surface area (Å²) >= 11 is 3.39. The van der Waals surface area contributed by atoms with Crippen LogP contribution in [0.1, 0.15) is 25.3 Å². The van der Waals surface area contributed by atoms with Gasteiger partial charge in [0, 0.05) is 28.8 Å². The molecule has 1 aliphatic heterocycles. The summed E-state index contributed by atoms with van der Waals surface area (Å²) in [6.45, 7) is 2.08. The van der Waals surface area contributed by atoms with E-state index in [2.05, 4.69) is 33.2 Å². The lowest BCUT2D eigenvalue weighted by Crippen LogP contribution is -2.40. The third kappa shape index (κ3) is 2.56. The largest absolute Gasteiger partial charge is 0.351 e. The van der Waals surface area contributed by atoms with Gasteiger partial charge in [-0.15, -0.1) is 0 Å². The number of carbonyl (C=O) groups is 1. The van der Waals surface area contributed by atoms with E-state index in [-0.39, 0.29) is 11.4 Å². The highest BCUT2D eigenvalue weighted by molar-refractivity contribution is 9.10. The first-order valence-corrected chi connectivity index (χ1v) is 5.77. The fourth-order valence-corrected chi connectivity index (χ4v) is 2.40. The Bertz CT molecular complexity index is 394. The van der Waals surface area contributed by atoms with Crippen LogP contribution in [-0.4, -0.2) is 16.4 Å². The lowest BCUT2D eigenvalue weighted by Gasteiger charge is -2.23. The van der Waals surface area contributed by atoms with Gasteiger partial charge >= 0.3 is 0 Å². The van der Waals surface area contributed by atoms with E-state index in [9.17, 15) is 4.79 Å². The Morgan fingerprint density at radius 1 is 1.60 bits per heavy atom. The van der Waals surface area contributed by atoms with Gasteiger partial charge in [-0.05, 0) is 47.3 Å². The predicted molar refractivity (Wildman–Crippen MR) is 61.4 cm³/mol. The maximum Gasteiger partial charge on any atom is 0.220 e. The number of hydrogen-bond donors (Lipinski definition) is 1. The Balaban J connectivity index is 2.11. The van der Waals surface area contributed by atoms with Crippen LogP contribution in [0, 0.1) is 0 Å². The normalized spacial score (nSPS) is 25.3. The lowest BCUT2D eigenvalue weighted by molar-refractivity contribution is -0.119. The van der Waals surface area contributed by atoms with E-state index in [0.717, 1.165) is 22.9 Å². The maximum absolute atomic E-state index is 11.2. The minimum Gasteiger partial charge on any atom is -0.351 e. The van der Waals surface area contributed by atoms with Gasteiger partial charge in [-0.1, -0.05) is 0 Å². The second kappa shape index (κ2) is 3.93. The fourth-order valence-electron chi connectivity index (χ4n) is 1.99. The summed E-state index contributed by atoms with van der Waals surface area (Å²) in [4.78, 5) is 15.3. The molecule has 1 aromatic heterocycles. The SMILES string of the molecule is CC1(Cc2cncc(Br)c2)CCC(=O)N1. The van der Waals surface area contributed by atoms with E-state index in [4.69, 9.17) is 0 Å². The molecule has 1 fully saturated rings. The summed E-state index contributed by atoms with van der Waals surface area (Å²) in [5, 5.41) is 3.02. The van der Waals surface area contributed by atoms with Crippen molar-refractivity contribution in [3.8, 4) is 0 Å². The average molecular weight is 269 g/mol. The molecule has 1 saturated heterocycles. The third-order valence-corrected chi connectivity index (χ3v) is 3.13. The van der Waals surface area contributed by atoms with E-state index < -0.39 is 0 Å². The lowest BCUT2D eigenvalue weighted by atomic mass is 9.92. The topological polar surface area (TPSA) is 42.0 Å². The molecule has 1 aromatic rings. The Kier molecular flexibility index (Phi) is 2.78. The minimum atomic E-state index is -0.0977. The van der Waals surface area contributed by atoms with Crippen LogP contribution in [0.2, 0.25) is 0 Å². The van der Waals surface area contributed by atoms with Crippen LogP contribution in [0.25, 0.3) is 0 Å². The molecule has 0 aliphatic carbocycles. The van der Waals surface area contributed by atoms with Gasteiger partial charge in [0.15, 0.2) is 0 Å². The van der Waals surface area contributed by atoms with Crippen molar-refractivity contribution >= 4 is 21.8 Å². The Labute approximate surface area is 97.4 Å². The average Bonchev–Trinajstić information content (AvgIpc) is 2.45. The third-order valence-electron chi connectivity index (χ3n) is 2.70. The molecule has 1 N–H and O–H groups in total. The molecule has 0 bridgehead atoms. The van der Waals surface area contributed by atoms with Crippen molar-refractivity contribution in [3.63, 3.8) is 0 Å². The zero-order chi connectivity index (χ0) is 10.9. The number of rotatable bonds is 2.